The molecule has 0 aliphatic carbocycles. The molecule has 1 fully saturated rings. The number of carbonyl (C=O) groups is 2. The quantitative estimate of drug-likeness (QED) is 0.857. The number of likely N-dealkylation sites (tertiary alicyclic amines) is 1. The number of likely N-dealkylation sites (N-methyl/N-ethyl adjacent to an activating group) is 1. The first kappa shape index (κ1) is 16.6. The SMILES string of the molecule is CC1C(=O)Nc2cc(C(=O)N3CC(c4cc(CO)on4)C3)ccc2N1C. The third-order valence-electron chi connectivity index (χ3n) is 5.16. The summed E-state index contributed by atoms with van der Waals surface area (Å²) in [6, 6.07) is 6.85. The molecule has 8 nitrogen and oxygen atoms in total. The van der Waals surface area contributed by atoms with Gasteiger partial charge >= 0.3 is 0 Å². The number of amides is 2. The molecule has 1 saturated heterocycles. The molecule has 3 heterocycles. The fraction of sp³-hybridized carbons (Fsp3) is 0.389. The Morgan fingerprint density at radius 2 is 2.15 bits per heavy atom. The van der Waals surface area contributed by atoms with Crippen molar-refractivity contribution in [3.05, 3.63) is 41.3 Å². The normalized spacial score (nSPS) is 19.8. The molecule has 1 aromatic carbocycles. The summed E-state index contributed by atoms with van der Waals surface area (Å²) in [5.74, 6) is 0.380. The topological polar surface area (TPSA) is 98.9 Å². The van der Waals surface area contributed by atoms with Gasteiger partial charge in [0, 0.05) is 37.7 Å². The summed E-state index contributed by atoms with van der Waals surface area (Å²) >= 11 is 0. The van der Waals surface area contributed by atoms with E-state index in [-0.39, 0.29) is 30.4 Å². The van der Waals surface area contributed by atoms with Crippen LogP contribution in [0.25, 0.3) is 0 Å². The lowest BCUT2D eigenvalue weighted by Crippen LogP contribution is -2.48. The van der Waals surface area contributed by atoms with Gasteiger partial charge in [-0.05, 0) is 25.1 Å². The van der Waals surface area contributed by atoms with Crippen LogP contribution in [0.3, 0.4) is 0 Å². The summed E-state index contributed by atoms with van der Waals surface area (Å²) in [6.45, 7) is 2.76. The van der Waals surface area contributed by atoms with Crippen molar-refractivity contribution < 1.29 is 19.2 Å². The predicted molar refractivity (Wildman–Crippen MR) is 94.0 cm³/mol. The van der Waals surface area contributed by atoms with E-state index in [0.29, 0.717) is 30.1 Å². The number of anilines is 2. The summed E-state index contributed by atoms with van der Waals surface area (Å²) in [4.78, 5) is 28.3. The van der Waals surface area contributed by atoms with E-state index in [1.165, 1.54) is 0 Å². The molecule has 1 atom stereocenters. The Morgan fingerprint density at radius 3 is 2.85 bits per heavy atom. The van der Waals surface area contributed by atoms with Crippen LogP contribution >= 0.6 is 0 Å². The molecule has 0 bridgehead atoms. The van der Waals surface area contributed by atoms with Gasteiger partial charge in [-0.15, -0.1) is 0 Å². The molecule has 8 heteroatoms. The van der Waals surface area contributed by atoms with Crippen molar-refractivity contribution in [2.45, 2.75) is 25.5 Å². The van der Waals surface area contributed by atoms with Crippen LogP contribution in [0.15, 0.2) is 28.8 Å². The van der Waals surface area contributed by atoms with Crippen LogP contribution in [0.2, 0.25) is 0 Å². The molecular formula is C18H20N4O4. The second-order valence-electron chi connectivity index (χ2n) is 6.79. The number of aliphatic hydroxyl groups is 1. The van der Waals surface area contributed by atoms with Gasteiger partial charge in [0.05, 0.1) is 17.1 Å². The zero-order valence-corrected chi connectivity index (χ0v) is 14.6. The van der Waals surface area contributed by atoms with E-state index in [9.17, 15) is 9.59 Å². The van der Waals surface area contributed by atoms with Gasteiger partial charge in [-0.3, -0.25) is 9.59 Å². The highest BCUT2D eigenvalue weighted by atomic mass is 16.5. The van der Waals surface area contributed by atoms with Crippen LogP contribution in [0.1, 0.15) is 34.7 Å². The van der Waals surface area contributed by atoms with Crippen molar-refractivity contribution in [3.8, 4) is 0 Å². The summed E-state index contributed by atoms with van der Waals surface area (Å²) < 4.78 is 4.99. The van der Waals surface area contributed by atoms with Crippen molar-refractivity contribution in [3.63, 3.8) is 0 Å². The van der Waals surface area contributed by atoms with Gasteiger partial charge in [0.25, 0.3) is 5.91 Å². The number of hydrogen-bond donors (Lipinski definition) is 2. The second kappa shape index (κ2) is 6.14. The molecule has 2 amide bonds. The summed E-state index contributed by atoms with van der Waals surface area (Å²) in [7, 11) is 1.86. The second-order valence-corrected chi connectivity index (χ2v) is 6.79. The van der Waals surface area contributed by atoms with E-state index < -0.39 is 0 Å². The average molecular weight is 356 g/mol. The largest absolute Gasteiger partial charge is 0.388 e. The number of nitrogens with one attached hydrogen (secondary N) is 1. The highest BCUT2D eigenvalue weighted by Gasteiger charge is 2.35. The number of carbonyl (C=O) groups excluding carboxylic acids is 2. The molecule has 2 N–H and O–H groups in total. The molecule has 1 unspecified atom stereocenters. The lowest BCUT2D eigenvalue weighted by atomic mass is 9.95. The molecule has 2 aliphatic heterocycles. The first-order valence-corrected chi connectivity index (χ1v) is 8.51. The minimum absolute atomic E-state index is 0.0783. The maximum Gasteiger partial charge on any atom is 0.253 e. The minimum Gasteiger partial charge on any atom is -0.388 e. The van der Waals surface area contributed by atoms with Crippen molar-refractivity contribution in [1.29, 1.82) is 0 Å². The van der Waals surface area contributed by atoms with Crippen LogP contribution in [-0.4, -0.2) is 53.2 Å². The van der Waals surface area contributed by atoms with Gasteiger partial charge in [-0.25, -0.2) is 0 Å². The molecule has 0 saturated carbocycles. The number of benzene rings is 1. The standard InChI is InChI=1S/C18H20N4O4/c1-10-17(24)19-15-5-11(3-4-16(15)21(10)2)18(25)22-7-12(8-22)14-6-13(9-23)26-20-14/h3-6,10,12,23H,7-9H2,1-2H3,(H,19,24). The molecule has 136 valence electrons. The molecule has 2 aromatic rings. The average Bonchev–Trinajstić information content (AvgIpc) is 3.06. The number of rotatable bonds is 3. The minimum atomic E-state index is -0.244. The molecule has 4 rings (SSSR count). The highest BCUT2D eigenvalue weighted by molar-refractivity contribution is 6.05. The Morgan fingerprint density at radius 1 is 1.38 bits per heavy atom. The maximum absolute atomic E-state index is 12.7. The highest BCUT2D eigenvalue weighted by Crippen LogP contribution is 2.33. The maximum atomic E-state index is 12.7. The van der Waals surface area contributed by atoms with Crippen molar-refractivity contribution in [2.75, 3.05) is 30.4 Å². The van der Waals surface area contributed by atoms with Gasteiger partial charge in [-0.1, -0.05) is 5.16 Å². The molecule has 26 heavy (non-hydrogen) atoms. The number of fused-ring (bicyclic) bond motifs is 1. The number of aromatic nitrogens is 1. The Bertz CT molecular complexity index is 872. The van der Waals surface area contributed by atoms with Crippen molar-refractivity contribution in [2.24, 2.45) is 0 Å². The van der Waals surface area contributed by atoms with Crippen LogP contribution in [0.5, 0.6) is 0 Å². The molecular weight excluding hydrogens is 336 g/mol. The van der Waals surface area contributed by atoms with E-state index in [2.05, 4.69) is 10.5 Å². The molecule has 1 aromatic heterocycles. The van der Waals surface area contributed by atoms with Gasteiger partial charge in [0.2, 0.25) is 5.91 Å². The van der Waals surface area contributed by atoms with Crippen LogP contribution < -0.4 is 10.2 Å². The van der Waals surface area contributed by atoms with E-state index in [1.54, 1.807) is 23.1 Å². The molecule has 0 spiro atoms. The number of aliphatic hydroxyl groups excluding tert-OH is 1. The van der Waals surface area contributed by atoms with Crippen molar-refractivity contribution >= 4 is 23.2 Å². The zero-order valence-electron chi connectivity index (χ0n) is 14.6. The van der Waals surface area contributed by atoms with Gasteiger partial charge in [0.1, 0.15) is 12.6 Å². The van der Waals surface area contributed by atoms with Crippen LogP contribution in [0.4, 0.5) is 11.4 Å². The van der Waals surface area contributed by atoms with Crippen molar-refractivity contribution in [1.82, 2.24) is 10.1 Å². The molecule has 0 radical (unpaired) electrons. The first-order chi connectivity index (χ1) is 12.5. The monoisotopic (exact) mass is 356 g/mol. The Kier molecular flexibility index (Phi) is 3.91. The smallest absolute Gasteiger partial charge is 0.253 e. The Labute approximate surface area is 150 Å². The number of nitrogens with zero attached hydrogens (tertiary/aromatic N) is 3. The fourth-order valence-corrected chi connectivity index (χ4v) is 3.31. The van der Waals surface area contributed by atoms with Gasteiger partial charge in [-0.2, -0.15) is 0 Å². The Balaban J connectivity index is 1.47. The van der Waals surface area contributed by atoms with E-state index >= 15 is 0 Å². The summed E-state index contributed by atoms with van der Waals surface area (Å²) in [5, 5.41) is 15.8. The summed E-state index contributed by atoms with van der Waals surface area (Å²) in [5.41, 5.74) is 2.85. The third kappa shape index (κ3) is 2.62. The van der Waals surface area contributed by atoms with E-state index in [4.69, 9.17) is 9.63 Å². The first-order valence-electron chi connectivity index (χ1n) is 8.51. The predicted octanol–water partition coefficient (Wildman–Crippen LogP) is 1.18. The van der Waals surface area contributed by atoms with E-state index in [1.807, 2.05) is 24.9 Å². The zero-order chi connectivity index (χ0) is 18.4. The number of hydrogen-bond acceptors (Lipinski definition) is 6. The van der Waals surface area contributed by atoms with E-state index in [0.717, 1.165) is 11.4 Å². The van der Waals surface area contributed by atoms with Gasteiger partial charge in [0.15, 0.2) is 5.76 Å². The van der Waals surface area contributed by atoms with Gasteiger partial charge < -0.3 is 24.7 Å². The molecule has 2 aliphatic rings. The third-order valence-corrected chi connectivity index (χ3v) is 5.16. The van der Waals surface area contributed by atoms with Crippen LogP contribution in [0, 0.1) is 0 Å². The van der Waals surface area contributed by atoms with Crippen LogP contribution in [-0.2, 0) is 11.4 Å². The summed E-state index contributed by atoms with van der Waals surface area (Å²) in [6.07, 6.45) is 0. The fourth-order valence-electron chi connectivity index (χ4n) is 3.31. The Hall–Kier alpha value is -2.87. The lowest BCUT2D eigenvalue weighted by Gasteiger charge is -2.38. The lowest BCUT2D eigenvalue weighted by molar-refractivity contribution is -0.117.